The molecule has 3 aromatic rings. The highest BCUT2D eigenvalue weighted by atomic mass is 35.5. The van der Waals surface area contributed by atoms with Gasteiger partial charge in [0.2, 0.25) is 5.28 Å². The van der Waals surface area contributed by atoms with E-state index in [0.29, 0.717) is 34.0 Å². The van der Waals surface area contributed by atoms with Gasteiger partial charge in [0.25, 0.3) is 5.56 Å². The molecule has 3 heterocycles. The van der Waals surface area contributed by atoms with Crippen LogP contribution < -0.4 is 5.56 Å². The smallest absolute Gasteiger partial charge is 0.268 e. The van der Waals surface area contributed by atoms with Crippen LogP contribution in [0.3, 0.4) is 0 Å². The fraction of sp³-hybridized carbons (Fsp3) is 0.294. The zero-order valence-corrected chi connectivity index (χ0v) is 15.4. The van der Waals surface area contributed by atoms with E-state index in [2.05, 4.69) is 4.98 Å². The SMILES string of the molecule is CC1(C)Cc2c(sc3nc(Cl)n(-c4ccc(Cl)cc4)c(=O)c23)CO1. The van der Waals surface area contributed by atoms with E-state index in [-0.39, 0.29) is 16.4 Å². The van der Waals surface area contributed by atoms with Gasteiger partial charge in [-0.1, -0.05) is 11.6 Å². The van der Waals surface area contributed by atoms with Gasteiger partial charge in [0.15, 0.2) is 0 Å². The summed E-state index contributed by atoms with van der Waals surface area (Å²) in [5.41, 5.74) is 1.23. The summed E-state index contributed by atoms with van der Waals surface area (Å²) in [6.07, 6.45) is 0.682. The van der Waals surface area contributed by atoms with Gasteiger partial charge in [-0.05, 0) is 55.3 Å². The first kappa shape index (κ1) is 16.1. The van der Waals surface area contributed by atoms with Crippen LogP contribution in [0.1, 0.15) is 24.3 Å². The van der Waals surface area contributed by atoms with Crippen LogP contribution in [0.15, 0.2) is 29.1 Å². The molecule has 0 saturated heterocycles. The van der Waals surface area contributed by atoms with Crippen molar-refractivity contribution < 1.29 is 4.74 Å². The number of ether oxygens (including phenoxy) is 1. The molecule has 0 bridgehead atoms. The summed E-state index contributed by atoms with van der Waals surface area (Å²) in [6.45, 7) is 4.56. The van der Waals surface area contributed by atoms with Crippen molar-refractivity contribution in [3.8, 4) is 5.69 Å². The second-order valence-corrected chi connectivity index (χ2v) is 8.27. The molecule has 0 fully saturated rings. The zero-order chi connectivity index (χ0) is 17.1. The molecular formula is C17H14Cl2N2O2S. The van der Waals surface area contributed by atoms with Crippen LogP contribution in [0.2, 0.25) is 10.3 Å². The molecular weight excluding hydrogens is 367 g/mol. The van der Waals surface area contributed by atoms with Gasteiger partial charge in [0.05, 0.1) is 23.3 Å². The largest absolute Gasteiger partial charge is 0.370 e. The fourth-order valence-electron chi connectivity index (χ4n) is 2.98. The summed E-state index contributed by atoms with van der Waals surface area (Å²) in [5, 5.41) is 1.39. The molecule has 0 aliphatic carbocycles. The number of fused-ring (bicyclic) bond motifs is 3. The minimum absolute atomic E-state index is 0.147. The summed E-state index contributed by atoms with van der Waals surface area (Å²) in [5.74, 6) is 0. The van der Waals surface area contributed by atoms with Crippen molar-refractivity contribution in [1.82, 2.24) is 9.55 Å². The number of aromatic nitrogens is 2. The topological polar surface area (TPSA) is 44.1 Å². The Morgan fingerprint density at radius 1 is 1.25 bits per heavy atom. The Morgan fingerprint density at radius 3 is 2.67 bits per heavy atom. The lowest BCUT2D eigenvalue weighted by atomic mass is 9.94. The molecule has 4 nitrogen and oxygen atoms in total. The van der Waals surface area contributed by atoms with Crippen molar-refractivity contribution in [3.05, 3.63) is 55.4 Å². The molecule has 0 spiro atoms. The minimum Gasteiger partial charge on any atom is -0.370 e. The Bertz CT molecular complexity index is 1010. The molecule has 1 aliphatic rings. The quantitative estimate of drug-likeness (QED) is 0.579. The van der Waals surface area contributed by atoms with E-state index in [1.54, 1.807) is 24.3 Å². The van der Waals surface area contributed by atoms with E-state index in [0.717, 1.165) is 10.4 Å². The van der Waals surface area contributed by atoms with Crippen LogP contribution in [0.4, 0.5) is 0 Å². The van der Waals surface area contributed by atoms with Crippen LogP contribution >= 0.6 is 34.5 Å². The maximum Gasteiger partial charge on any atom is 0.268 e. The summed E-state index contributed by atoms with van der Waals surface area (Å²) in [7, 11) is 0. The number of thiophene rings is 1. The van der Waals surface area contributed by atoms with Gasteiger partial charge < -0.3 is 4.74 Å². The molecule has 0 N–H and O–H groups in total. The number of halogens is 2. The summed E-state index contributed by atoms with van der Waals surface area (Å²) in [6, 6.07) is 6.97. The molecule has 7 heteroatoms. The molecule has 0 radical (unpaired) electrons. The molecule has 0 unspecified atom stereocenters. The van der Waals surface area contributed by atoms with E-state index in [4.69, 9.17) is 27.9 Å². The van der Waals surface area contributed by atoms with Crippen molar-refractivity contribution in [2.24, 2.45) is 0 Å². The van der Waals surface area contributed by atoms with Crippen LogP contribution in [0.25, 0.3) is 15.9 Å². The third-order valence-corrected chi connectivity index (χ3v) is 5.75. The van der Waals surface area contributed by atoms with Gasteiger partial charge >= 0.3 is 0 Å². The van der Waals surface area contributed by atoms with E-state index in [9.17, 15) is 4.79 Å². The monoisotopic (exact) mass is 380 g/mol. The van der Waals surface area contributed by atoms with Crippen molar-refractivity contribution >= 4 is 44.8 Å². The minimum atomic E-state index is -0.293. The molecule has 0 atom stereocenters. The second-order valence-electron chi connectivity index (χ2n) is 6.41. The van der Waals surface area contributed by atoms with Gasteiger partial charge in [-0.25, -0.2) is 4.98 Å². The first-order chi connectivity index (χ1) is 11.4. The number of hydrogen-bond donors (Lipinski definition) is 0. The predicted molar refractivity (Wildman–Crippen MR) is 97.8 cm³/mol. The maximum atomic E-state index is 13.2. The Morgan fingerprint density at radius 2 is 1.96 bits per heavy atom. The lowest BCUT2D eigenvalue weighted by Gasteiger charge is -2.29. The van der Waals surface area contributed by atoms with Gasteiger partial charge in [-0.3, -0.25) is 9.36 Å². The fourth-order valence-corrected chi connectivity index (χ4v) is 4.51. The molecule has 0 amide bonds. The molecule has 1 aliphatic heterocycles. The van der Waals surface area contributed by atoms with Gasteiger partial charge in [-0.15, -0.1) is 11.3 Å². The average Bonchev–Trinajstić information content (AvgIpc) is 2.85. The van der Waals surface area contributed by atoms with Crippen LogP contribution in [-0.4, -0.2) is 15.2 Å². The van der Waals surface area contributed by atoms with E-state index >= 15 is 0 Å². The van der Waals surface area contributed by atoms with Crippen molar-refractivity contribution in [2.75, 3.05) is 0 Å². The third kappa shape index (κ3) is 2.56. The summed E-state index contributed by atoms with van der Waals surface area (Å²) in [4.78, 5) is 19.3. The second kappa shape index (κ2) is 5.56. The number of rotatable bonds is 1. The Balaban J connectivity index is 2.00. The van der Waals surface area contributed by atoms with Crippen LogP contribution in [0, 0.1) is 0 Å². The molecule has 124 valence electrons. The van der Waals surface area contributed by atoms with Crippen molar-refractivity contribution in [2.45, 2.75) is 32.5 Å². The van der Waals surface area contributed by atoms with Gasteiger partial charge in [0.1, 0.15) is 4.83 Å². The van der Waals surface area contributed by atoms with E-state index in [1.165, 1.54) is 15.9 Å². The van der Waals surface area contributed by atoms with E-state index in [1.807, 2.05) is 13.8 Å². The first-order valence-corrected chi connectivity index (χ1v) is 9.06. The summed E-state index contributed by atoms with van der Waals surface area (Å²) < 4.78 is 7.27. The normalized spacial score (nSPS) is 16.3. The van der Waals surface area contributed by atoms with Crippen molar-refractivity contribution in [1.29, 1.82) is 0 Å². The average molecular weight is 381 g/mol. The molecule has 1 aromatic carbocycles. The van der Waals surface area contributed by atoms with Crippen molar-refractivity contribution in [3.63, 3.8) is 0 Å². The molecule has 2 aromatic heterocycles. The number of hydrogen-bond acceptors (Lipinski definition) is 4. The molecule has 4 rings (SSSR count). The third-order valence-electron chi connectivity index (χ3n) is 4.15. The Labute approximate surface area is 152 Å². The van der Waals surface area contributed by atoms with Crippen LogP contribution in [-0.2, 0) is 17.8 Å². The highest BCUT2D eigenvalue weighted by molar-refractivity contribution is 7.18. The van der Waals surface area contributed by atoms with Gasteiger partial charge in [-0.2, -0.15) is 0 Å². The number of benzene rings is 1. The Kier molecular flexibility index (Phi) is 3.73. The predicted octanol–water partition coefficient (Wildman–Crippen LogP) is 4.61. The van der Waals surface area contributed by atoms with Gasteiger partial charge in [0, 0.05) is 16.3 Å². The number of nitrogens with zero attached hydrogens (tertiary/aromatic N) is 2. The molecule has 0 saturated carbocycles. The summed E-state index contributed by atoms with van der Waals surface area (Å²) >= 11 is 13.7. The Hall–Kier alpha value is -1.40. The van der Waals surface area contributed by atoms with Crippen LogP contribution in [0.5, 0.6) is 0 Å². The lowest BCUT2D eigenvalue weighted by molar-refractivity contribution is -0.0379. The highest BCUT2D eigenvalue weighted by Crippen LogP contribution is 2.37. The highest BCUT2D eigenvalue weighted by Gasteiger charge is 2.31. The lowest BCUT2D eigenvalue weighted by Crippen LogP contribution is -2.32. The first-order valence-electron chi connectivity index (χ1n) is 7.48. The zero-order valence-electron chi connectivity index (χ0n) is 13.1. The maximum absolute atomic E-state index is 13.2. The van der Waals surface area contributed by atoms with E-state index < -0.39 is 0 Å². The molecule has 24 heavy (non-hydrogen) atoms. The standard InChI is InChI=1S/C17H14Cl2N2O2S/c1-17(2)7-11-12(8-23-17)24-14-13(11)15(22)21(16(19)20-14)10-5-3-9(18)4-6-10/h3-6H,7-8H2,1-2H3.